The zero-order chi connectivity index (χ0) is 12.3. The van der Waals surface area contributed by atoms with Gasteiger partial charge in [0.2, 0.25) is 0 Å². The van der Waals surface area contributed by atoms with Crippen LogP contribution in [0.15, 0.2) is 4.52 Å². The number of nitrogens with two attached hydrogens (primary N) is 1. The number of ether oxygens (including phenoxy) is 1. The summed E-state index contributed by atoms with van der Waals surface area (Å²) >= 11 is 0. The highest BCUT2D eigenvalue weighted by Crippen LogP contribution is 2.38. The molecule has 3 atom stereocenters. The average Bonchev–Trinajstić information content (AvgIpc) is 2.98. The largest absolute Gasteiger partial charge is 0.370 e. The van der Waals surface area contributed by atoms with E-state index in [-0.39, 0.29) is 6.10 Å². The molecule has 17 heavy (non-hydrogen) atoms. The van der Waals surface area contributed by atoms with Gasteiger partial charge in [-0.25, -0.2) is 0 Å². The lowest BCUT2D eigenvalue weighted by molar-refractivity contribution is 0.0803. The molecule has 0 amide bonds. The van der Waals surface area contributed by atoms with Crippen molar-refractivity contribution in [1.29, 1.82) is 0 Å². The van der Waals surface area contributed by atoms with Gasteiger partial charge in [0.05, 0.1) is 0 Å². The van der Waals surface area contributed by atoms with E-state index >= 15 is 0 Å². The fourth-order valence-corrected chi connectivity index (χ4v) is 2.52. The van der Waals surface area contributed by atoms with Crippen molar-refractivity contribution >= 4 is 0 Å². The minimum atomic E-state index is -0.278. The summed E-state index contributed by atoms with van der Waals surface area (Å²) in [6.45, 7) is 2.60. The predicted molar refractivity (Wildman–Crippen MR) is 63.5 cm³/mol. The van der Waals surface area contributed by atoms with Crippen LogP contribution < -0.4 is 5.73 Å². The zero-order valence-electron chi connectivity index (χ0n) is 10.6. The second-order valence-electron chi connectivity index (χ2n) is 4.74. The van der Waals surface area contributed by atoms with Gasteiger partial charge in [-0.1, -0.05) is 18.5 Å². The van der Waals surface area contributed by atoms with Gasteiger partial charge < -0.3 is 15.0 Å². The van der Waals surface area contributed by atoms with Gasteiger partial charge >= 0.3 is 0 Å². The second-order valence-corrected chi connectivity index (χ2v) is 4.74. The van der Waals surface area contributed by atoms with Crippen LogP contribution in [0.2, 0.25) is 0 Å². The number of nitrogens with zero attached hydrogens (tertiary/aromatic N) is 2. The van der Waals surface area contributed by atoms with Gasteiger partial charge in [0.15, 0.2) is 5.82 Å². The molecule has 1 aliphatic carbocycles. The third-order valence-electron chi connectivity index (χ3n) is 3.72. The van der Waals surface area contributed by atoms with Gasteiger partial charge in [-0.05, 0) is 25.2 Å². The summed E-state index contributed by atoms with van der Waals surface area (Å²) in [7, 11) is 1.60. The summed E-state index contributed by atoms with van der Waals surface area (Å²) in [6.07, 6.45) is 4.58. The molecule has 2 rings (SSSR count). The SMILES string of the molecule is CCC1CCC(c2noc(C(CN)OC)n2)C1. The first kappa shape index (κ1) is 12.5. The molecule has 5 nitrogen and oxygen atoms in total. The molecular formula is C12H21N3O2. The molecule has 1 aliphatic rings. The predicted octanol–water partition coefficient (Wildman–Crippen LogP) is 2.01. The molecule has 0 radical (unpaired) electrons. The van der Waals surface area contributed by atoms with E-state index in [0.717, 1.165) is 18.2 Å². The minimum absolute atomic E-state index is 0.278. The molecule has 1 aromatic heterocycles. The normalized spacial score (nSPS) is 26.3. The topological polar surface area (TPSA) is 74.2 Å². The van der Waals surface area contributed by atoms with Crippen LogP contribution >= 0.6 is 0 Å². The fourth-order valence-electron chi connectivity index (χ4n) is 2.52. The van der Waals surface area contributed by atoms with E-state index in [1.807, 2.05) is 0 Å². The molecule has 0 aliphatic heterocycles. The Balaban J connectivity index is 2.03. The van der Waals surface area contributed by atoms with Crippen molar-refractivity contribution < 1.29 is 9.26 Å². The van der Waals surface area contributed by atoms with Crippen molar-refractivity contribution in [3.8, 4) is 0 Å². The molecular weight excluding hydrogens is 218 g/mol. The summed E-state index contributed by atoms with van der Waals surface area (Å²) in [5, 5.41) is 4.06. The Bertz CT molecular complexity index is 349. The lowest BCUT2D eigenvalue weighted by Crippen LogP contribution is -2.14. The van der Waals surface area contributed by atoms with Crippen molar-refractivity contribution in [2.24, 2.45) is 11.7 Å². The van der Waals surface area contributed by atoms with Gasteiger partial charge in [0, 0.05) is 19.6 Å². The third kappa shape index (κ3) is 2.66. The van der Waals surface area contributed by atoms with E-state index in [1.54, 1.807) is 7.11 Å². The van der Waals surface area contributed by atoms with Gasteiger partial charge in [-0.3, -0.25) is 0 Å². The van der Waals surface area contributed by atoms with Crippen molar-refractivity contribution in [2.45, 2.75) is 44.6 Å². The van der Waals surface area contributed by atoms with E-state index in [9.17, 15) is 0 Å². The summed E-state index contributed by atoms with van der Waals surface area (Å²) < 4.78 is 10.4. The number of hydrogen-bond acceptors (Lipinski definition) is 5. The Morgan fingerprint density at radius 1 is 1.53 bits per heavy atom. The summed E-state index contributed by atoms with van der Waals surface area (Å²) in [5.74, 6) is 2.60. The monoisotopic (exact) mass is 239 g/mol. The van der Waals surface area contributed by atoms with E-state index in [4.69, 9.17) is 15.0 Å². The maximum atomic E-state index is 5.57. The van der Waals surface area contributed by atoms with Crippen LogP contribution in [0.3, 0.4) is 0 Å². The number of hydrogen-bond donors (Lipinski definition) is 1. The molecule has 0 spiro atoms. The Morgan fingerprint density at radius 3 is 2.94 bits per heavy atom. The number of methoxy groups -OCH3 is 1. The molecule has 1 saturated carbocycles. The van der Waals surface area contributed by atoms with Crippen LogP contribution in [0.25, 0.3) is 0 Å². The molecule has 3 unspecified atom stereocenters. The number of aromatic nitrogens is 2. The molecule has 0 aromatic carbocycles. The smallest absolute Gasteiger partial charge is 0.257 e. The van der Waals surface area contributed by atoms with Gasteiger partial charge in [-0.15, -0.1) is 0 Å². The Morgan fingerprint density at radius 2 is 2.35 bits per heavy atom. The summed E-state index contributed by atoms with van der Waals surface area (Å²) in [4.78, 5) is 4.42. The molecule has 2 N–H and O–H groups in total. The molecule has 1 heterocycles. The standard InChI is InChI=1S/C12H21N3O2/c1-3-8-4-5-9(6-8)11-14-12(17-15-11)10(7-13)16-2/h8-10H,3-7,13H2,1-2H3. The zero-order valence-corrected chi connectivity index (χ0v) is 10.6. The molecule has 96 valence electrons. The first-order valence-corrected chi connectivity index (χ1v) is 6.34. The first-order valence-electron chi connectivity index (χ1n) is 6.34. The van der Waals surface area contributed by atoms with Gasteiger partial charge in [-0.2, -0.15) is 4.98 Å². The van der Waals surface area contributed by atoms with E-state index in [0.29, 0.717) is 18.4 Å². The first-order chi connectivity index (χ1) is 8.28. The van der Waals surface area contributed by atoms with Crippen LogP contribution in [-0.2, 0) is 4.74 Å². The molecule has 1 fully saturated rings. The molecule has 5 heteroatoms. The van der Waals surface area contributed by atoms with Crippen molar-refractivity contribution in [1.82, 2.24) is 10.1 Å². The van der Waals surface area contributed by atoms with Crippen LogP contribution in [0.4, 0.5) is 0 Å². The summed E-state index contributed by atoms with van der Waals surface area (Å²) in [6, 6.07) is 0. The quantitative estimate of drug-likeness (QED) is 0.850. The molecule has 1 aromatic rings. The van der Waals surface area contributed by atoms with E-state index < -0.39 is 0 Å². The van der Waals surface area contributed by atoms with Crippen LogP contribution in [0, 0.1) is 5.92 Å². The molecule has 0 bridgehead atoms. The van der Waals surface area contributed by atoms with E-state index in [1.165, 1.54) is 19.3 Å². The fraction of sp³-hybridized carbons (Fsp3) is 0.833. The van der Waals surface area contributed by atoms with Crippen LogP contribution in [0.1, 0.15) is 56.3 Å². The maximum absolute atomic E-state index is 5.57. The Kier molecular flexibility index (Phi) is 4.12. The summed E-state index contributed by atoms with van der Waals surface area (Å²) in [5.41, 5.74) is 5.57. The van der Waals surface area contributed by atoms with Crippen molar-refractivity contribution in [3.05, 3.63) is 11.7 Å². The van der Waals surface area contributed by atoms with Gasteiger partial charge in [0.1, 0.15) is 6.10 Å². The number of rotatable bonds is 5. The lowest BCUT2D eigenvalue weighted by Gasteiger charge is -2.06. The minimum Gasteiger partial charge on any atom is -0.370 e. The highest BCUT2D eigenvalue weighted by atomic mass is 16.5. The Hall–Kier alpha value is -0.940. The van der Waals surface area contributed by atoms with Crippen molar-refractivity contribution in [2.75, 3.05) is 13.7 Å². The maximum Gasteiger partial charge on any atom is 0.257 e. The van der Waals surface area contributed by atoms with E-state index in [2.05, 4.69) is 17.1 Å². The lowest BCUT2D eigenvalue weighted by atomic mass is 10.0. The Labute approximate surface area is 102 Å². The average molecular weight is 239 g/mol. The second kappa shape index (κ2) is 5.60. The highest BCUT2D eigenvalue weighted by molar-refractivity contribution is 5.01. The van der Waals surface area contributed by atoms with Crippen molar-refractivity contribution in [3.63, 3.8) is 0 Å². The van der Waals surface area contributed by atoms with Gasteiger partial charge in [0.25, 0.3) is 5.89 Å². The highest BCUT2D eigenvalue weighted by Gasteiger charge is 2.29. The van der Waals surface area contributed by atoms with Crippen LogP contribution in [0.5, 0.6) is 0 Å². The third-order valence-corrected chi connectivity index (χ3v) is 3.72. The molecule has 0 saturated heterocycles. The van der Waals surface area contributed by atoms with Crippen LogP contribution in [-0.4, -0.2) is 23.8 Å².